The quantitative estimate of drug-likeness (QED) is 0.805. The van der Waals surface area contributed by atoms with Crippen LogP contribution in [0.4, 0.5) is 0 Å². The molecule has 0 spiro atoms. The van der Waals surface area contributed by atoms with Gasteiger partial charge < -0.3 is 9.47 Å². The molecule has 0 aliphatic heterocycles. The van der Waals surface area contributed by atoms with Crippen molar-refractivity contribution in [1.82, 2.24) is 0 Å². The number of methoxy groups -OCH3 is 1. The minimum absolute atomic E-state index is 0.179. The second-order valence-electron chi connectivity index (χ2n) is 3.48. The molecule has 0 aliphatic rings. The zero-order valence-corrected chi connectivity index (χ0v) is 11.5. The highest BCUT2D eigenvalue weighted by atomic mass is 79.9. The van der Waals surface area contributed by atoms with Gasteiger partial charge >= 0.3 is 11.9 Å². The minimum Gasteiger partial charge on any atom is -0.465 e. The largest absolute Gasteiger partial charge is 0.465 e. The SMILES string of the molecule is COC(=O)c1ccc(COC(C)=O)c(Br)c1C. The molecule has 0 aromatic heterocycles. The average molecular weight is 301 g/mol. The number of hydrogen-bond acceptors (Lipinski definition) is 4. The van der Waals surface area contributed by atoms with Gasteiger partial charge in [-0.15, -0.1) is 0 Å². The number of ether oxygens (including phenoxy) is 2. The Labute approximate surface area is 108 Å². The summed E-state index contributed by atoms with van der Waals surface area (Å²) in [6.45, 7) is 3.33. The number of carbonyl (C=O) groups excluding carboxylic acids is 2. The van der Waals surface area contributed by atoms with Crippen molar-refractivity contribution in [2.45, 2.75) is 20.5 Å². The van der Waals surface area contributed by atoms with Crippen LogP contribution in [0.15, 0.2) is 16.6 Å². The lowest BCUT2D eigenvalue weighted by Gasteiger charge is -2.10. The van der Waals surface area contributed by atoms with Gasteiger partial charge in [0.2, 0.25) is 0 Å². The molecule has 92 valence electrons. The van der Waals surface area contributed by atoms with E-state index in [0.29, 0.717) is 5.56 Å². The van der Waals surface area contributed by atoms with Crippen molar-refractivity contribution in [3.8, 4) is 0 Å². The van der Waals surface area contributed by atoms with E-state index in [1.807, 2.05) is 0 Å². The summed E-state index contributed by atoms with van der Waals surface area (Å²) in [4.78, 5) is 22.2. The summed E-state index contributed by atoms with van der Waals surface area (Å²) in [5, 5.41) is 0. The van der Waals surface area contributed by atoms with Crippen molar-refractivity contribution in [2.75, 3.05) is 7.11 Å². The van der Waals surface area contributed by atoms with E-state index in [9.17, 15) is 9.59 Å². The van der Waals surface area contributed by atoms with E-state index in [0.717, 1.165) is 15.6 Å². The van der Waals surface area contributed by atoms with Gasteiger partial charge in [0.05, 0.1) is 12.7 Å². The molecule has 0 amide bonds. The molecule has 0 aliphatic carbocycles. The van der Waals surface area contributed by atoms with Crippen molar-refractivity contribution < 1.29 is 19.1 Å². The second kappa shape index (κ2) is 5.82. The zero-order valence-electron chi connectivity index (χ0n) is 9.87. The van der Waals surface area contributed by atoms with Gasteiger partial charge in [0.15, 0.2) is 0 Å². The van der Waals surface area contributed by atoms with E-state index in [4.69, 9.17) is 4.74 Å². The van der Waals surface area contributed by atoms with Crippen molar-refractivity contribution in [1.29, 1.82) is 0 Å². The van der Waals surface area contributed by atoms with Gasteiger partial charge in [0.25, 0.3) is 0 Å². The molecule has 0 fully saturated rings. The summed E-state index contributed by atoms with van der Waals surface area (Å²) in [6, 6.07) is 3.39. The first-order valence-electron chi connectivity index (χ1n) is 4.97. The van der Waals surface area contributed by atoms with Crippen molar-refractivity contribution >= 4 is 27.9 Å². The maximum absolute atomic E-state index is 11.4. The van der Waals surface area contributed by atoms with Gasteiger partial charge in [0, 0.05) is 17.0 Å². The Kier molecular flexibility index (Phi) is 4.69. The molecule has 1 aromatic carbocycles. The summed E-state index contributed by atoms with van der Waals surface area (Å²) in [5.41, 5.74) is 2.07. The van der Waals surface area contributed by atoms with E-state index >= 15 is 0 Å². The molecule has 0 saturated heterocycles. The van der Waals surface area contributed by atoms with Crippen LogP contribution in [0.2, 0.25) is 0 Å². The third-order valence-corrected chi connectivity index (χ3v) is 3.41. The fraction of sp³-hybridized carbons (Fsp3) is 0.333. The second-order valence-corrected chi connectivity index (χ2v) is 4.28. The molecule has 0 N–H and O–H groups in total. The Morgan fingerprint density at radius 2 is 2.00 bits per heavy atom. The number of esters is 2. The molecule has 1 rings (SSSR count). The van der Waals surface area contributed by atoms with Crippen molar-refractivity contribution in [2.24, 2.45) is 0 Å². The monoisotopic (exact) mass is 300 g/mol. The first kappa shape index (κ1) is 13.7. The fourth-order valence-corrected chi connectivity index (χ4v) is 1.82. The standard InChI is InChI=1S/C12H13BrO4/c1-7-10(12(15)16-3)5-4-9(11(7)13)6-17-8(2)14/h4-5H,6H2,1-3H3. The van der Waals surface area contributed by atoms with Crippen molar-refractivity contribution in [3.05, 3.63) is 33.3 Å². The van der Waals surface area contributed by atoms with Gasteiger partial charge in [-0.3, -0.25) is 4.79 Å². The third-order valence-electron chi connectivity index (χ3n) is 2.30. The van der Waals surface area contributed by atoms with E-state index in [1.54, 1.807) is 19.1 Å². The summed E-state index contributed by atoms with van der Waals surface area (Å²) in [6.07, 6.45) is 0. The maximum atomic E-state index is 11.4. The lowest BCUT2D eigenvalue weighted by molar-refractivity contribution is -0.142. The first-order valence-corrected chi connectivity index (χ1v) is 5.76. The van der Waals surface area contributed by atoms with E-state index in [-0.39, 0.29) is 18.5 Å². The van der Waals surface area contributed by atoms with Gasteiger partial charge in [-0.05, 0) is 18.6 Å². The molecule has 0 saturated carbocycles. The normalized spacial score (nSPS) is 9.88. The number of benzene rings is 1. The van der Waals surface area contributed by atoms with Gasteiger partial charge in [-0.25, -0.2) is 4.79 Å². The number of hydrogen-bond donors (Lipinski definition) is 0. The molecule has 0 heterocycles. The average Bonchev–Trinajstić information content (AvgIpc) is 2.30. The highest BCUT2D eigenvalue weighted by Crippen LogP contribution is 2.25. The zero-order chi connectivity index (χ0) is 13.0. The summed E-state index contributed by atoms with van der Waals surface area (Å²) in [7, 11) is 1.34. The lowest BCUT2D eigenvalue weighted by Crippen LogP contribution is -2.06. The predicted octanol–water partition coefficient (Wildman–Crippen LogP) is 2.61. The van der Waals surface area contributed by atoms with Crippen LogP contribution in [-0.4, -0.2) is 19.0 Å². The van der Waals surface area contributed by atoms with Crippen molar-refractivity contribution in [3.63, 3.8) is 0 Å². The number of rotatable bonds is 3. The molecule has 1 aromatic rings. The molecular weight excluding hydrogens is 288 g/mol. The van der Waals surface area contributed by atoms with Crippen LogP contribution in [0.25, 0.3) is 0 Å². The van der Waals surface area contributed by atoms with E-state index in [2.05, 4.69) is 20.7 Å². The smallest absolute Gasteiger partial charge is 0.338 e. The Morgan fingerprint density at radius 3 is 2.53 bits per heavy atom. The van der Waals surface area contributed by atoms with E-state index in [1.165, 1.54) is 14.0 Å². The van der Waals surface area contributed by atoms with Crippen LogP contribution in [0, 0.1) is 6.92 Å². The Bertz CT molecular complexity index is 454. The minimum atomic E-state index is -0.387. The molecule has 0 bridgehead atoms. The summed E-state index contributed by atoms with van der Waals surface area (Å²) < 4.78 is 10.3. The fourth-order valence-electron chi connectivity index (χ4n) is 1.36. The highest BCUT2D eigenvalue weighted by Gasteiger charge is 2.14. The maximum Gasteiger partial charge on any atom is 0.338 e. The van der Waals surface area contributed by atoms with E-state index < -0.39 is 0 Å². The molecule has 0 radical (unpaired) electrons. The predicted molar refractivity (Wildman–Crippen MR) is 65.7 cm³/mol. The molecule has 17 heavy (non-hydrogen) atoms. The Morgan fingerprint density at radius 1 is 1.35 bits per heavy atom. The van der Waals surface area contributed by atoms with Gasteiger partial charge in [-0.2, -0.15) is 0 Å². The van der Waals surface area contributed by atoms with Crippen LogP contribution in [0.5, 0.6) is 0 Å². The molecular formula is C12H13BrO4. The lowest BCUT2D eigenvalue weighted by atomic mass is 10.1. The Hall–Kier alpha value is -1.36. The van der Waals surface area contributed by atoms with Gasteiger partial charge in [-0.1, -0.05) is 22.0 Å². The van der Waals surface area contributed by atoms with Crippen LogP contribution >= 0.6 is 15.9 Å². The third kappa shape index (κ3) is 3.30. The molecule has 5 heteroatoms. The molecule has 0 unspecified atom stereocenters. The highest BCUT2D eigenvalue weighted by molar-refractivity contribution is 9.10. The molecule has 4 nitrogen and oxygen atoms in total. The summed E-state index contributed by atoms with van der Waals surface area (Å²) in [5.74, 6) is -0.728. The number of carbonyl (C=O) groups is 2. The summed E-state index contributed by atoms with van der Waals surface area (Å²) >= 11 is 3.38. The van der Waals surface area contributed by atoms with Gasteiger partial charge in [0.1, 0.15) is 6.61 Å². The Balaban J connectivity index is 3.02. The topological polar surface area (TPSA) is 52.6 Å². The van der Waals surface area contributed by atoms with Crippen LogP contribution in [-0.2, 0) is 20.9 Å². The number of halogens is 1. The van der Waals surface area contributed by atoms with Crippen LogP contribution in [0.3, 0.4) is 0 Å². The molecule has 0 atom stereocenters. The van der Waals surface area contributed by atoms with Crippen LogP contribution < -0.4 is 0 Å². The van der Waals surface area contributed by atoms with Crippen LogP contribution in [0.1, 0.15) is 28.4 Å². The first-order chi connectivity index (χ1) is 7.97.